The van der Waals surface area contributed by atoms with Gasteiger partial charge in [0.2, 0.25) is 11.8 Å². The molecule has 0 spiro atoms. The average molecular weight is 326 g/mol. The van der Waals surface area contributed by atoms with Gasteiger partial charge >= 0.3 is 0 Å². The number of nitrogens with one attached hydrogen (secondary N) is 1. The first-order chi connectivity index (χ1) is 10.2. The van der Waals surface area contributed by atoms with Crippen molar-refractivity contribution in [1.29, 1.82) is 0 Å². The number of nitrogens with zero attached hydrogens (tertiary/aromatic N) is 2. The maximum atomic E-state index is 12.2. The number of benzene rings is 1. The van der Waals surface area contributed by atoms with Crippen molar-refractivity contribution in [3.63, 3.8) is 0 Å². The molecule has 2 rings (SSSR count). The lowest BCUT2D eigenvalue weighted by atomic mass is 10.1. The summed E-state index contributed by atoms with van der Waals surface area (Å²) in [4.78, 5) is 27.4. The first-order valence-corrected chi connectivity index (χ1v) is 7.45. The Morgan fingerprint density at radius 1 is 1.18 bits per heavy atom. The van der Waals surface area contributed by atoms with E-state index in [1.54, 1.807) is 4.90 Å². The summed E-state index contributed by atoms with van der Waals surface area (Å²) in [5, 5.41) is 3.22. The van der Waals surface area contributed by atoms with Crippen LogP contribution in [0, 0.1) is 0 Å². The van der Waals surface area contributed by atoms with Crippen LogP contribution in [0.2, 0.25) is 0 Å². The third kappa shape index (κ3) is 5.66. The quantitative estimate of drug-likeness (QED) is 0.876. The molecule has 0 saturated carbocycles. The average Bonchev–Trinajstić information content (AvgIpc) is 2.52. The smallest absolute Gasteiger partial charge is 0.242 e. The Labute approximate surface area is 138 Å². The number of piperazine rings is 1. The van der Waals surface area contributed by atoms with Crippen molar-refractivity contribution >= 4 is 24.2 Å². The zero-order valence-corrected chi connectivity index (χ0v) is 13.8. The Hall–Kier alpha value is -1.59. The molecule has 0 atom stereocenters. The molecule has 1 aromatic carbocycles. The molecule has 0 radical (unpaired) electrons. The van der Waals surface area contributed by atoms with Gasteiger partial charge in [0, 0.05) is 39.6 Å². The fraction of sp³-hybridized carbons (Fsp3) is 0.500. The van der Waals surface area contributed by atoms with Gasteiger partial charge in [-0.2, -0.15) is 0 Å². The highest BCUT2D eigenvalue weighted by Crippen LogP contribution is 2.03. The molecule has 6 heteroatoms. The minimum Gasteiger partial charge on any atom is -0.339 e. The van der Waals surface area contributed by atoms with Crippen molar-refractivity contribution in [3.8, 4) is 0 Å². The molecular weight excluding hydrogens is 302 g/mol. The number of halogens is 1. The Morgan fingerprint density at radius 3 is 2.41 bits per heavy atom. The Kier molecular flexibility index (Phi) is 7.91. The predicted octanol–water partition coefficient (Wildman–Crippen LogP) is 0.931. The summed E-state index contributed by atoms with van der Waals surface area (Å²) in [6.45, 7) is 5.40. The van der Waals surface area contributed by atoms with Crippen molar-refractivity contribution in [3.05, 3.63) is 35.9 Å². The number of hydrogen-bond donors (Lipinski definition) is 1. The van der Waals surface area contributed by atoms with Gasteiger partial charge in [-0.15, -0.1) is 12.4 Å². The van der Waals surface area contributed by atoms with Crippen molar-refractivity contribution in [1.82, 2.24) is 15.1 Å². The molecule has 0 bridgehead atoms. The van der Waals surface area contributed by atoms with Crippen LogP contribution in [0.15, 0.2) is 30.3 Å². The molecule has 0 unspecified atom stereocenters. The van der Waals surface area contributed by atoms with Crippen molar-refractivity contribution < 1.29 is 9.59 Å². The summed E-state index contributed by atoms with van der Waals surface area (Å²) in [6, 6.07) is 10.0. The van der Waals surface area contributed by atoms with Crippen LogP contribution < -0.4 is 5.32 Å². The van der Waals surface area contributed by atoms with Crippen LogP contribution in [0.3, 0.4) is 0 Å². The van der Waals surface area contributed by atoms with Crippen molar-refractivity contribution in [2.45, 2.75) is 13.3 Å². The van der Waals surface area contributed by atoms with Gasteiger partial charge in [-0.3, -0.25) is 9.59 Å². The maximum absolute atomic E-state index is 12.2. The van der Waals surface area contributed by atoms with Gasteiger partial charge in [-0.25, -0.2) is 0 Å². The lowest BCUT2D eigenvalue weighted by Crippen LogP contribution is -2.50. The first-order valence-electron chi connectivity index (χ1n) is 7.45. The van der Waals surface area contributed by atoms with Gasteiger partial charge in [-0.1, -0.05) is 30.3 Å². The zero-order chi connectivity index (χ0) is 15.1. The molecule has 5 nitrogen and oxygen atoms in total. The Morgan fingerprint density at radius 2 is 1.82 bits per heavy atom. The molecule has 1 saturated heterocycles. The molecule has 2 amide bonds. The number of rotatable bonds is 5. The summed E-state index contributed by atoms with van der Waals surface area (Å²) in [5.41, 5.74) is 1.18. The van der Waals surface area contributed by atoms with Crippen LogP contribution in [-0.2, 0) is 16.0 Å². The van der Waals surface area contributed by atoms with Crippen LogP contribution in [0.1, 0.15) is 12.5 Å². The molecular formula is C16H24ClN3O2. The summed E-state index contributed by atoms with van der Waals surface area (Å²) in [5.74, 6) is -0.00539. The van der Waals surface area contributed by atoms with E-state index in [9.17, 15) is 9.59 Å². The summed E-state index contributed by atoms with van der Waals surface area (Å²) < 4.78 is 0. The molecule has 1 aliphatic heterocycles. The van der Waals surface area contributed by atoms with E-state index >= 15 is 0 Å². The van der Waals surface area contributed by atoms with Gasteiger partial charge in [0.05, 0.1) is 6.54 Å². The molecule has 1 aliphatic rings. The molecule has 1 N–H and O–H groups in total. The van der Waals surface area contributed by atoms with Gasteiger partial charge in [0.1, 0.15) is 0 Å². The first kappa shape index (κ1) is 18.5. The van der Waals surface area contributed by atoms with E-state index in [0.717, 1.165) is 32.6 Å². The number of amides is 2. The van der Waals surface area contributed by atoms with Crippen LogP contribution in [0.25, 0.3) is 0 Å². The fourth-order valence-electron chi connectivity index (χ4n) is 2.43. The topological polar surface area (TPSA) is 52.7 Å². The Bertz CT molecular complexity index is 476. The highest BCUT2D eigenvalue weighted by Gasteiger charge is 2.20. The van der Waals surface area contributed by atoms with Gasteiger partial charge in [-0.05, 0) is 12.0 Å². The lowest BCUT2D eigenvalue weighted by molar-refractivity contribution is -0.139. The van der Waals surface area contributed by atoms with Gasteiger partial charge in [0.25, 0.3) is 0 Å². The predicted molar refractivity (Wildman–Crippen MR) is 89.1 cm³/mol. The third-order valence-corrected chi connectivity index (χ3v) is 3.75. The minimum absolute atomic E-state index is 0. The SMILES string of the molecule is CC(=O)N(CCc1ccccc1)CC(=O)N1CCNCC1.Cl. The van der Waals surface area contributed by atoms with E-state index in [1.807, 2.05) is 35.2 Å². The second-order valence-corrected chi connectivity index (χ2v) is 5.31. The van der Waals surface area contributed by atoms with E-state index in [0.29, 0.717) is 6.54 Å². The second kappa shape index (κ2) is 9.43. The van der Waals surface area contributed by atoms with Gasteiger partial charge in [0.15, 0.2) is 0 Å². The molecule has 22 heavy (non-hydrogen) atoms. The van der Waals surface area contributed by atoms with Crippen molar-refractivity contribution in [2.24, 2.45) is 0 Å². The Balaban J connectivity index is 0.00000242. The largest absolute Gasteiger partial charge is 0.339 e. The fourth-order valence-corrected chi connectivity index (χ4v) is 2.43. The van der Waals surface area contributed by atoms with E-state index in [-0.39, 0.29) is 30.8 Å². The zero-order valence-electron chi connectivity index (χ0n) is 13.0. The van der Waals surface area contributed by atoms with Crippen molar-refractivity contribution in [2.75, 3.05) is 39.3 Å². The third-order valence-electron chi connectivity index (χ3n) is 3.75. The molecule has 0 aliphatic carbocycles. The summed E-state index contributed by atoms with van der Waals surface area (Å²) >= 11 is 0. The molecule has 1 fully saturated rings. The number of carbonyl (C=O) groups is 2. The van der Waals surface area contributed by atoms with E-state index < -0.39 is 0 Å². The summed E-state index contributed by atoms with van der Waals surface area (Å²) in [6.07, 6.45) is 0.773. The maximum Gasteiger partial charge on any atom is 0.242 e. The minimum atomic E-state index is -0.0468. The van der Waals surface area contributed by atoms with Crippen LogP contribution in [0.5, 0.6) is 0 Å². The molecule has 1 heterocycles. The number of hydrogen-bond acceptors (Lipinski definition) is 3. The van der Waals surface area contributed by atoms with E-state index in [1.165, 1.54) is 12.5 Å². The summed E-state index contributed by atoms with van der Waals surface area (Å²) in [7, 11) is 0. The van der Waals surface area contributed by atoms with Crippen LogP contribution in [-0.4, -0.2) is 60.9 Å². The molecule has 1 aromatic rings. The van der Waals surface area contributed by atoms with Crippen LogP contribution in [0.4, 0.5) is 0 Å². The highest BCUT2D eigenvalue weighted by atomic mass is 35.5. The number of carbonyl (C=O) groups excluding carboxylic acids is 2. The standard InChI is InChI=1S/C16H23N3O2.ClH/c1-14(20)19(10-7-15-5-3-2-4-6-15)13-16(21)18-11-8-17-9-12-18;/h2-6,17H,7-13H2,1H3;1H. The van der Waals surface area contributed by atoms with E-state index in [2.05, 4.69) is 5.32 Å². The normalized spacial score (nSPS) is 14.1. The second-order valence-electron chi connectivity index (χ2n) is 5.31. The molecule has 0 aromatic heterocycles. The lowest BCUT2D eigenvalue weighted by Gasteiger charge is -2.30. The van der Waals surface area contributed by atoms with Crippen LogP contribution >= 0.6 is 12.4 Å². The van der Waals surface area contributed by atoms with E-state index in [4.69, 9.17) is 0 Å². The van der Waals surface area contributed by atoms with Gasteiger partial charge < -0.3 is 15.1 Å². The monoisotopic (exact) mass is 325 g/mol. The molecule has 122 valence electrons. The highest BCUT2D eigenvalue weighted by molar-refractivity contribution is 5.85.